The molecule has 0 aliphatic heterocycles. The minimum Gasteiger partial charge on any atom is -0.478 e. The molecule has 0 atom stereocenters. The number of nitrogen functional groups attached to an aromatic ring is 1. The number of ether oxygens (including phenoxy) is 2. The van der Waals surface area contributed by atoms with E-state index in [1.807, 2.05) is 20.8 Å². The van der Waals surface area contributed by atoms with Crippen LogP contribution in [0.5, 0.6) is 5.88 Å². The molecule has 7 heteroatoms. The van der Waals surface area contributed by atoms with Crippen LogP contribution >= 0.6 is 0 Å². The first-order chi connectivity index (χ1) is 9.31. The molecule has 0 fully saturated rings. The van der Waals surface area contributed by atoms with E-state index in [9.17, 15) is 4.79 Å². The summed E-state index contributed by atoms with van der Waals surface area (Å²) in [5.41, 5.74) is 5.86. The molecule has 0 saturated heterocycles. The zero-order chi connectivity index (χ0) is 15.2. The first-order valence-corrected chi connectivity index (χ1v) is 6.44. The van der Waals surface area contributed by atoms with Crippen LogP contribution in [0.3, 0.4) is 0 Å². The summed E-state index contributed by atoms with van der Waals surface area (Å²) in [6.45, 7) is 5.97. The molecular formula is C13H22N4O3. The Hall–Kier alpha value is -2.05. The fraction of sp³-hybridized carbons (Fsp3) is 0.615. The predicted octanol–water partition coefficient (Wildman–Crippen LogP) is 1.52. The average molecular weight is 282 g/mol. The van der Waals surface area contributed by atoms with E-state index in [1.165, 1.54) is 7.11 Å². The lowest BCUT2D eigenvalue weighted by atomic mass is 10.2. The molecule has 1 aromatic heterocycles. The van der Waals surface area contributed by atoms with Gasteiger partial charge in [0.05, 0.1) is 19.0 Å². The number of carbonyl (C=O) groups is 1. The zero-order valence-corrected chi connectivity index (χ0v) is 12.4. The second-order valence-electron chi connectivity index (χ2n) is 5.29. The molecule has 7 nitrogen and oxygen atoms in total. The minimum absolute atomic E-state index is 0.267. The van der Waals surface area contributed by atoms with Crippen molar-refractivity contribution in [1.82, 2.24) is 15.3 Å². The number of methoxy groups -OCH3 is 1. The van der Waals surface area contributed by atoms with E-state index in [2.05, 4.69) is 15.3 Å². The van der Waals surface area contributed by atoms with Crippen molar-refractivity contribution in [3.05, 3.63) is 11.9 Å². The van der Waals surface area contributed by atoms with E-state index >= 15 is 0 Å². The summed E-state index contributed by atoms with van der Waals surface area (Å²) in [4.78, 5) is 19.6. The van der Waals surface area contributed by atoms with Crippen molar-refractivity contribution in [3.8, 4) is 5.88 Å². The fourth-order valence-electron chi connectivity index (χ4n) is 1.46. The second kappa shape index (κ2) is 6.93. The first-order valence-electron chi connectivity index (χ1n) is 6.44. The summed E-state index contributed by atoms with van der Waals surface area (Å²) < 4.78 is 10.1. The molecule has 1 heterocycles. The predicted molar refractivity (Wildman–Crippen MR) is 75.6 cm³/mol. The Morgan fingerprint density at radius 3 is 2.75 bits per heavy atom. The molecule has 0 bridgehead atoms. The molecule has 1 aromatic rings. The van der Waals surface area contributed by atoms with Crippen molar-refractivity contribution in [3.63, 3.8) is 0 Å². The summed E-state index contributed by atoms with van der Waals surface area (Å²) in [6.07, 6.45) is 2.57. The smallest absolute Gasteiger partial charge is 0.407 e. The zero-order valence-electron chi connectivity index (χ0n) is 12.4. The number of hydrogen-bond acceptors (Lipinski definition) is 6. The van der Waals surface area contributed by atoms with Crippen LogP contribution in [0.2, 0.25) is 0 Å². The molecule has 0 unspecified atom stereocenters. The van der Waals surface area contributed by atoms with Gasteiger partial charge in [0, 0.05) is 6.54 Å². The third kappa shape index (κ3) is 5.73. The van der Waals surface area contributed by atoms with Crippen molar-refractivity contribution in [2.75, 3.05) is 19.4 Å². The van der Waals surface area contributed by atoms with Gasteiger partial charge < -0.3 is 20.5 Å². The number of rotatable bonds is 5. The Kier molecular flexibility index (Phi) is 5.54. The number of nitrogens with zero attached hydrogens (tertiary/aromatic N) is 2. The van der Waals surface area contributed by atoms with Crippen LogP contribution in [0.1, 0.15) is 32.9 Å². The van der Waals surface area contributed by atoms with Crippen LogP contribution in [-0.4, -0.2) is 35.3 Å². The van der Waals surface area contributed by atoms with Crippen molar-refractivity contribution >= 4 is 11.9 Å². The van der Waals surface area contributed by atoms with Gasteiger partial charge in [0.25, 0.3) is 5.88 Å². The number of aromatic nitrogens is 2. The molecule has 1 amide bonds. The van der Waals surface area contributed by atoms with E-state index in [0.717, 1.165) is 12.1 Å². The average Bonchev–Trinajstić information content (AvgIpc) is 2.34. The third-order valence-corrected chi connectivity index (χ3v) is 2.29. The van der Waals surface area contributed by atoms with E-state index in [0.29, 0.717) is 18.8 Å². The number of hydrogen-bond donors (Lipinski definition) is 2. The van der Waals surface area contributed by atoms with Gasteiger partial charge in [-0.05, 0) is 33.6 Å². The Morgan fingerprint density at radius 2 is 2.15 bits per heavy atom. The highest BCUT2D eigenvalue weighted by molar-refractivity contribution is 5.67. The number of anilines is 1. The summed E-state index contributed by atoms with van der Waals surface area (Å²) in [7, 11) is 1.49. The molecule has 0 aromatic carbocycles. The Bertz CT molecular complexity index is 457. The Morgan fingerprint density at radius 1 is 1.45 bits per heavy atom. The lowest BCUT2D eigenvalue weighted by molar-refractivity contribution is 0.0527. The Labute approximate surface area is 118 Å². The molecule has 3 N–H and O–H groups in total. The highest BCUT2D eigenvalue weighted by Crippen LogP contribution is 2.14. The molecule has 0 aliphatic rings. The maximum Gasteiger partial charge on any atom is 0.407 e. The van der Waals surface area contributed by atoms with Gasteiger partial charge in [-0.3, -0.25) is 0 Å². The molecule has 20 heavy (non-hydrogen) atoms. The Balaban J connectivity index is 2.33. The van der Waals surface area contributed by atoms with Crippen molar-refractivity contribution in [2.45, 2.75) is 39.2 Å². The SMILES string of the molecule is COc1nc(CCCNC(=O)OC(C)(C)C)cnc1N. The maximum absolute atomic E-state index is 11.4. The number of nitrogens with two attached hydrogens (primary N) is 1. The summed E-state index contributed by atoms with van der Waals surface area (Å²) >= 11 is 0. The van der Waals surface area contributed by atoms with Gasteiger partial charge in [0.1, 0.15) is 5.60 Å². The molecule has 0 aliphatic carbocycles. The fourth-order valence-corrected chi connectivity index (χ4v) is 1.46. The number of alkyl carbamates (subject to hydrolysis) is 1. The topological polar surface area (TPSA) is 99.4 Å². The highest BCUT2D eigenvalue weighted by Gasteiger charge is 2.15. The molecule has 0 saturated carbocycles. The van der Waals surface area contributed by atoms with E-state index in [4.69, 9.17) is 15.2 Å². The lowest BCUT2D eigenvalue weighted by Crippen LogP contribution is -2.33. The standard InChI is InChI=1S/C13H22N4O3/c1-13(2,3)20-12(18)15-7-5-6-9-8-16-10(14)11(17-9)19-4/h8H,5-7H2,1-4H3,(H2,14,16)(H,15,18). The van der Waals surface area contributed by atoms with E-state index in [-0.39, 0.29) is 5.82 Å². The third-order valence-electron chi connectivity index (χ3n) is 2.29. The summed E-state index contributed by atoms with van der Waals surface area (Å²) in [5, 5.41) is 2.68. The minimum atomic E-state index is -0.486. The van der Waals surface area contributed by atoms with Gasteiger partial charge in [-0.2, -0.15) is 0 Å². The van der Waals surface area contributed by atoms with Crippen LogP contribution in [0, 0.1) is 0 Å². The van der Waals surface area contributed by atoms with Crippen LogP contribution in [-0.2, 0) is 11.2 Å². The van der Waals surface area contributed by atoms with Gasteiger partial charge in [0.2, 0.25) is 0 Å². The normalized spacial score (nSPS) is 11.0. The molecular weight excluding hydrogens is 260 g/mol. The molecule has 0 spiro atoms. The lowest BCUT2D eigenvalue weighted by Gasteiger charge is -2.19. The van der Waals surface area contributed by atoms with Crippen LogP contribution < -0.4 is 15.8 Å². The van der Waals surface area contributed by atoms with Gasteiger partial charge in [-0.1, -0.05) is 0 Å². The number of amides is 1. The number of nitrogens with one attached hydrogen (secondary N) is 1. The highest BCUT2D eigenvalue weighted by atomic mass is 16.6. The van der Waals surface area contributed by atoms with Crippen molar-refractivity contribution in [2.24, 2.45) is 0 Å². The van der Waals surface area contributed by atoms with E-state index < -0.39 is 11.7 Å². The van der Waals surface area contributed by atoms with Gasteiger partial charge >= 0.3 is 6.09 Å². The van der Waals surface area contributed by atoms with Crippen LogP contribution in [0.4, 0.5) is 10.6 Å². The van der Waals surface area contributed by atoms with Gasteiger partial charge in [-0.25, -0.2) is 14.8 Å². The van der Waals surface area contributed by atoms with Crippen molar-refractivity contribution in [1.29, 1.82) is 0 Å². The van der Waals surface area contributed by atoms with Crippen molar-refractivity contribution < 1.29 is 14.3 Å². The molecule has 0 radical (unpaired) electrons. The molecule has 112 valence electrons. The summed E-state index contributed by atoms with van der Waals surface area (Å²) in [5.74, 6) is 0.589. The second-order valence-corrected chi connectivity index (χ2v) is 5.29. The van der Waals surface area contributed by atoms with E-state index in [1.54, 1.807) is 6.20 Å². The molecule has 1 rings (SSSR count). The number of carbonyl (C=O) groups excluding carboxylic acids is 1. The van der Waals surface area contributed by atoms with Gasteiger partial charge in [0.15, 0.2) is 5.82 Å². The number of aryl methyl sites for hydroxylation is 1. The maximum atomic E-state index is 11.4. The summed E-state index contributed by atoms with van der Waals surface area (Å²) in [6, 6.07) is 0. The van der Waals surface area contributed by atoms with Crippen LogP contribution in [0.25, 0.3) is 0 Å². The largest absolute Gasteiger partial charge is 0.478 e. The van der Waals surface area contributed by atoms with Gasteiger partial charge in [-0.15, -0.1) is 0 Å². The monoisotopic (exact) mass is 282 g/mol. The first kappa shape index (κ1) is 16.0. The quantitative estimate of drug-likeness (QED) is 0.794. The van der Waals surface area contributed by atoms with Crippen LogP contribution in [0.15, 0.2) is 6.20 Å².